The molecular formula is C10H9F2N3. The summed E-state index contributed by atoms with van der Waals surface area (Å²) in [5.74, 6) is -1.33. The molecule has 2 rings (SSSR count). The summed E-state index contributed by atoms with van der Waals surface area (Å²) in [5, 5.41) is 2.98. The Morgan fingerprint density at radius 1 is 1.33 bits per heavy atom. The minimum absolute atomic E-state index is 0.207. The number of nitrogens with zero attached hydrogens (tertiary/aromatic N) is 1. The topological polar surface area (TPSA) is 50.9 Å². The van der Waals surface area contributed by atoms with Crippen LogP contribution in [0.25, 0.3) is 10.9 Å². The van der Waals surface area contributed by atoms with E-state index < -0.39 is 11.6 Å². The number of fused-ring (bicyclic) bond motifs is 1. The highest BCUT2D eigenvalue weighted by molar-refractivity contribution is 5.97. The van der Waals surface area contributed by atoms with E-state index in [1.165, 1.54) is 12.3 Å². The van der Waals surface area contributed by atoms with E-state index in [1.807, 2.05) is 0 Å². The lowest BCUT2D eigenvalue weighted by atomic mass is 10.1. The summed E-state index contributed by atoms with van der Waals surface area (Å²) >= 11 is 0. The fourth-order valence-corrected chi connectivity index (χ4v) is 1.53. The molecule has 15 heavy (non-hydrogen) atoms. The van der Waals surface area contributed by atoms with Crippen LogP contribution in [-0.4, -0.2) is 12.0 Å². The van der Waals surface area contributed by atoms with Gasteiger partial charge in [-0.1, -0.05) is 0 Å². The number of hydrogen-bond acceptors (Lipinski definition) is 3. The maximum atomic E-state index is 13.5. The van der Waals surface area contributed by atoms with Gasteiger partial charge in [0.25, 0.3) is 0 Å². The summed E-state index contributed by atoms with van der Waals surface area (Å²) in [7, 11) is 1.62. The lowest BCUT2D eigenvalue weighted by molar-refractivity contribution is 0.592. The van der Waals surface area contributed by atoms with Gasteiger partial charge in [-0.25, -0.2) is 8.78 Å². The second kappa shape index (κ2) is 3.34. The van der Waals surface area contributed by atoms with Gasteiger partial charge in [0.05, 0.1) is 28.5 Å². The molecule has 1 aromatic heterocycles. The molecular weight excluding hydrogens is 200 g/mol. The summed E-state index contributed by atoms with van der Waals surface area (Å²) < 4.78 is 26.4. The molecule has 5 heteroatoms. The Morgan fingerprint density at radius 3 is 2.73 bits per heavy atom. The first-order chi connectivity index (χ1) is 7.13. The molecule has 0 unspecified atom stereocenters. The number of rotatable bonds is 1. The van der Waals surface area contributed by atoms with Gasteiger partial charge in [-0.15, -0.1) is 0 Å². The van der Waals surface area contributed by atoms with E-state index in [0.717, 1.165) is 6.07 Å². The van der Waals surface area contributed by atoms with Gasteiger partial charge < -0.3 is 11.1 Å². The first-order valence-electron chi connectivity index (χ1n) is 4.34. The zero-order chi connectivity index (χ0) is 11.0. The van der Waals surface area contributed by atoms with Crippen LogP contribution in [-0.2, 0) is 0 Å². The van der Waals surface area contributed by atoms with Crippen LogP contribution in [0, 0.1) is 11.6 Å². The Bertz CT molecular complexity index is 526. The fourth-order valence-electron chi connectivity index (χ4n) is 1.53. The van der Waals surface area contributed by atoms with Crippen molar-refractivity contribution in [2.45, 2.75) is 0 Å². The average molecular weight is 209 g/mol. The van der Waals surface area contributed by atoms with Crippen molar-refractivity contribution in [2.75, 3.05) is 18.1 Å². The van der Waals surface area contributed by atoms with Crippen molar-refractivity contribution in [3.8, 4) is 0 Å². The summed E-state index contributed by atoms with van der Waals surface area (Å²) in [6.07, 6.45) is 1.37. The minimum Gasteiger partial charge on any atom is -0.396 e. The maximum Gasteiger partial charge on any atom is 0.137 e. The quantitative estimate of drug-likeness (QED) is 0.756. The summed E-state index contributed by atoms with van der Waals surface area (Å²) in [4.78, 5) is 3.87. The molecule has 1 aromatic carbocycles. The average Bonchev–Trinajstić information content (AvgIpc) is 2.18. The highest BCUT2D eigenvalue weighted by Crippen LogP contribution is 2.29. The molecule has 0 aliphatic carbocycles. The Kier molecular flexibility index (Phi) is 2.15. The molecule has 0 fully saturated rings. The zero-order valence-electron chi connectivity index (χ0n) is 8.01. The summed E-state index contributed by atoms with van der Waals surface area (Å²) in [6.45, 7) is 0. The van der Waals surface area contributed by atoms with Gasteiger partial charge in [0, 0.05) is 19.2 Å². The van der Waals surface area contributed by atoms with Crippen molar-refractivity contribution in [1.29, 1.82) is 0 Å². The standard InChI is InChI=1S/C10H9F2N3/c1-14-10-7(13)4-15-8-3-5(11)2-6(12)9(8)10/h2-4H,13H2,1H3,(H,14,15). The molecule has 0 aliphatic rings. The Balaban J connectivity index is 2.91. The second-order valence-electron chi connectivity index (χ2n) is 3.12. The van der Waals surface area contributed by atoms with Crippen LogP contribution in [0.2, 0.25) is 0 Å². The number of aromatic nitrogens is 1. The number of hydrogen-bond donors (Lipinski definition) is 2. The van der Waals surface area contributed by atoms with Crippen LogP contribution in [0.5, 0.6) is 0 Å². The second-order valence-corrected chi connectivity index (χ2v) is 3.12. The fraction of sp³-hybridized carbons (Fsp3) is 0.100. The van der Waals surface area contributed by atoms with E-state index in [2.05, 4.69) is 10.3 Å². The van der Waals surface area contributed by atoms with Gasteiger partial charge >= 0.3 is 0 Å². The Labute approximate surface area is 84.9 Å². The van der Waals surface area contributed by atoms with Crippen molar-refractivity contribution < 1.29 is 8.78 Å². The number of pyridine rings is 1. The maximum absolute atomic E-state index is 13.5. The van der Waals surface area contributed by atoms with E-state index in [1.54, 1.807) is 7.05 Å². The number of nitrogens with two attached hydrogens (primary N) is 1. The van der Waals surface area contributed by atoms with Crippen molar-refractivity contribution >= 4 is 22.3 Å². The molecule has 0 amide bonds. The van der Waals surface area contributed by atoms with Gasteiger partial charge in [-0.3, -0.25) is 4.98 Å². The number of halogens is 2. The van der Waals surface area contributed by atoms with Crippen molar-refractivity contribution in [1.82, 2.24) is 4.98 Å². The molecule has 2 aromatic rings. The Hall–Kier alpha value is -1.91. The van der Waals surface area contributed by atoms with Gasteiger partial charge in [0.1, 0.15) is 11.6 Å². The predicted octanol–water partition coefficient (Wildman–Crippen LogP) is 2.14. The highest BCUT2D eigenvalue weighted by atomic mass is 19.1. The molecule has 0 saturated heterocycles. The molecule has 0 aliphatic heterocycles. The monoisotopic (exact) mass is 209 g/mol. The molecule has 3 nitrogen and oxygen atoms in total. The number of benzene rings is 1. The number of nitrogen functional groups attached to an aromatic ring is 1. The molecule has 0 saturated carbocycles. The number of anilines is 2. The molecule has 3 N–H and O–H groups in total. The van der Waals surface area contributed by atoms with Crippen molar-refractivity contribution in [2.24, 2.45) is 0 Å². The first kappa shape index (κ1) is 9.64. The molecule has 0 atom stereocenters. The number of nitrogens with one attached hydrogen (secondary N) is 1. The lowest BCUT2D eigenvalue weighted by Crippen LogP contribution is -2.00. The lowest BCUT2D eigenvalue weighted by Gasteiger charge is -2.09. The molecule has 0 radical (unpaired) electrons. The van der Waals surface area contributed by atoms with E-state index in [-0.39, 0.29) is 10.9 Å². The van der Waals surface area contributed by atoms with E-state index in [0.29, 0.717) is 11.4 Å². The zero-order valence-corrected chi connectivity index (χ0v) is 8.01. The van der Waals surface area contributed by atoms with Gasteiger partial charge in [0.15, 0.2) is 0 Å². The largest absolute Gasteiger partial charge is 0.396 e. The van der Waals surface area contributed by atoms with E-state index >= 15 is 0 Å². The van der Waals surface area contributed by atoms with E-state index in [9.17, 15) is 8.78 Å². The molecule has 1 heterocycles. The Morgan fingerprint density at radius 2 is 2.07 bits per heavy atom. The summed E-state index contributed by atoms with van der Waals surface area (Å²) in [5.41, 5.74) is 6.62. The van der Waals surface area contributed by atoms with Crippen LogP contribution >= 0.6 is 0 Å². The smallest absolute Gasteiger partial charge is 0.137 e. The van der Waals surface area contributed by atoms with Crippen LogP contribution in [0.1, 0.15) is 0 Å². The van der Waals surface area contributed by atoms with Gasteiger partial charge in [-0.2, -0.15) is 0 Å². The van der Waals surface area contributed by atoms with Gasteiger partial charge in [-0.05, 0) is 0 Å². The SMILES string of the molecule is CNc1c(N)cnc2cc(F)cc(F)c12. The van der Waals surface area contributed by atoms with Crippen molar-refractivity contribution in [3.05, 3.63) is 30.0 Å². The summed E-state index contributed by atoms with van der Waals surface area (Å²) in [6, 6.07) is 1.98. The molecule has 78 valence electrons. The molecule has 0 spiro atoms. The third kappa shape index (κ3) is 1.45. The predicted molar refractivity (Wildman–Crippen MR) is 55.6 cm³/mol. The van der Waals surface area contributed by atoms with Gasteiger partial charge in [0.2, 0.25) is 0 Å². The minimum atomic E-state index is -0.672. The van der Waals surface area contributed by atoms with Crippen LogP contribution in [0.3, 0.4) is 0 Å². The van der Waals surface area contributed by atoms with Crippen molar-refractivity contribution in [3.63, 3.8) is 0 Å². The van der Waals surface area contributed by atoms with Crippen LogP contribution in [0.15, 0.2) is 18.3 Å². The third-order valence-corrected chi connectivity index (χ3v) is 2.17. The van der Waals surface area contributed by atoms with E-state index in [4.69, 9.17) is 5.73 Å². The van der Waals surface area contributed by atoms with Crippen LogP contribution < -0.4 is 11.1 Å². The highest BCUT2D eigenvalue weighted by Gasteiger charge is 2.11. The molecule has 0 bridgehead atoms. The normalized spacial score (nSPS) is 10.6. The third-order valence-electron chi connectivity index (χ3n) is 2.17. The first-order valence-corrected chi connectivity index (χ1v) is 4.34. The van der Waals surface area contributed by atoms with Crippen LogP contribution in [0.4, 0.5) is 20.2 Å².